The third-order valence-electron chi connectivity index (χ3n) is 4.12. The lowest BCUT2D eigenvalue weighted by Gasteiger charge is -2.20. The van der Waals surface area contributed by atoms with Crippen LogP contribution in [-0.2, 0) is 4.74 Å². The van der Waals surface area contributed by atoms with Crippen LogP contribution in [0.4, 0.5) is 0 Å². The molecule has 1 rings (SSSR count). The molecule has 0 saturated carbocycles. The average Bonchev–Trinajstić information content (AvgIpc) is 2.43. The Labute approximate surface area is 129 Å². The van der Waals surface area contributed by atoms with Gasteiger partial charge in [0.05, 0.1) is 11.7 Å². The molecule has 1 aromatic rings. The number of carbonyl (C=O) groups excluding carboxylic acids is 1. The molecule has 1 aromatic carbocycles. The standard InChI is InChI=1S/C19H30O2/c1-6-8-9-17(7-2)13-16(5)21-19(20)18-11-10-14(3)12-15(18)4/h10-12,16-17H,6-9,13H2,1-5H3. The maximum Gasteiger partial charge on any atom is 0.338 e. The van der Waals surface area contributed by atoms with Crippen LogP contribution >= 0.6 is 0 Å². The maximum atomic E-state index is 12.2. The summed E-state index contributed by atoms with van der Waals surface area (Å²) in [7, 11) is 0. The smallest absolute Gasteiger partial charge is 0.338 e. The molecule has 0 N–H and O–H groups in total. The second-order valence-corrected chi connectivity index (χ2v) is 6.19. The molecule has 0 aromatic heterocycles. The minimum Gasteiger partial charge on any atom is -0.459 e. The zero-order valence-corrected chi connectivity index (χ0v) is 14.2. The molecular formula is C19H30O2. The molecule has 0 aliphatic heterocycles. The summed E-state index contributed by atoms with van der Waals surface area (Å²) in [5.41, 5.74) is 2.85. The number of benzene rings is 1. The zero-order valence-electron chi connectivity index (χ0n) is 14.2. The minimum absolute atomic E-state index is 0.0139. The number of unbranched alkanes of at least 4 members (excludes halogenated alkanes) is 1. The number of esters is 1. The summed E-state index contributed by atoms with van der Waals surface area (Å²) in [5, 5.41) is 0. The summed E-state index contributed by atoms with van der Waals surface area (Å²) in [5.74, 6) is 0.470. The second kappa shape index (κ2) is 8.86. The van der Waals surface area contributed by atoms with E-state index in [2.05, 4.69) is 13.8 Å². The molecule has 0 bridgehead atoms. The van der Waals surface area contributed by atoms with Crippen LogP contribution in [0.3, 0.4) is 0 Å². The highest BCUT2D eigenvalue weighted by molar-refractivity contribution is 5.91. The topological polar surface area (TPSA) is 26.3 Å². The van der Waals surface area contributed by atoms with Crippen LogP contribution in [0, 0.1) is 19.8 Å². The Kier molecular flexibility index (Phi) is 7.49. The fourth-order valence-corrected chi connectivity index (χ4v) is 2.79. The van der Waals surface area contributed by atoms with Gasteiger partial charge < -0.3 is 4.74 Å². The lowest BCUT2D eigenvalue weighted by molar-refractivity contribution is 0.0282. The van der Waals surface area contributed by atoms with Gasteiger partial charge >= 0.3 is 5.97 Å². The first kappa shape index (κ1) is 17.7. The van der Waals surface area contributed by atoms with Gasteiger partial charge in [-0.05, 0) is 44.7 Å². The van der Waals surface area contributed by atoms with Crippen molar-refractivity contribution in [3.05, 3.63) is 34.9 Å². The van der Waals surface area contributed by atoms with Gasteiger partial charge in [0.15, 0.2) is 0 Å². The van der Waals surface area contributed by atoms with Crippen LogP contribution in [-0.4, -0.2) is 12.1 Å². The lowest BCUT2D eigenvalue weighted by Crippen LogP contribution is -2.19. The predicted molar refractivity (Wildman–Crippen MR) is 88.7 cm³/mol. The Hall–Kier alpha value is -1.31. The van der Waals surface area contributed by atoms with E-state index in [9.17, 15) is 4.79 Å². The van der Waals surface area contributed by atoms with Crippen LogP contribution in [0.15, 0.2) is 18.2 Å². The Bertz CT molecular complexity index is 451. The Morgan fingerprint density at radius 2 is 1.95 bits per heavy atom. The molecule has 0 spiro atoms. The molecule has 21 heavy (non-hydrogen) atoms. The molecule has 0 saturated heterocycles. The number of ether oxygens (including phenoxy) is 1. The quantitative estimate of drug-likeness (QED) is 0.595. The molecule has 2 atom stereocenters. The molecule has 0 amide bonds. The molecule has 2 nitrogen and oxygen atoms in total. The Morgan fingerprint density at radius 1 is 1.24 bits per heavy atom. The van der Waals surface area contributed by atoms with Crippen molar-refractivity contribution >= 4 is 5.97 Å². The first-order valence-corrected chi connectivity index (χ1v) is 8.26. The minimum atomic E-state index is -0.189. The van der Waals surface area contributed by atoms with Crippen LogP contribution in [0.1, 0.15) is 74.4 Å². The fourth-order valence-electron chi connectivity index (χ4n) is 2.79. The summed E-state index contributed by atoms with van der Waals surface area (Å²) in [6.07, 6.45) is 5.83. The van der Waals surface area contributed by atoms with Gasteiger partial charge in [0.25, 0.3) is 0 Å². The second-order valence-electron chi connectivity index (χ2n) is 6.19. The zero-order chi connectivity index (χ0) is 15.8. The third kappa shape index (κ3) is 5.91. The van der Waals surface area contributed by atoms with E-state index in [-0.39, 0.29) is 12.1 Å². The van der Waals surface area contributed by atoms with Crippen molar-refractivity contribution in [1.29, 1.82) is 0 Å². The van der Waals surface area contributed by atoms with Crippen LogP contribution in [0.25, 0.3) is 0 Å². The molecule has 0 aliphatic rings. The van der Waals surface area contributed by atoms with Crippen molar-refractivity contribution in [3.8, 4) is 0 Å². The van der Waals surface area contributed by atoms with Crippen molar-refractivity contribution in [3.63, 3.8) is 0 Å². The molecular weight excluding hydrogens is 260 g/mol. The number of rotatable bonds is 8. The molecule has 0 aliphatic carbocycles. The van der Waals surface area contributed by atoms with E-state index < -0.39 is 0 Å². The highest BCUT2D eigenvalue weighted by Crippen LogP contribution is 2.21. The number of hydrogen-bond donors (Lipinski definition) is 0. The molecule has 0 fully saturated rings. The summed E-state index contributed by atoms with van der Waals surface area (Å²) in [4.78, 5) is 12.2. The van der Waals surface area contributed by atoms with Gasteiger partial charge in [0.2, 0.25) is 0 Å². The predicted octanol–water partition coefficient (Wildman–Crippen LogP) is 5.46. The van der Waals surface area contributed by atoms with Crippen LogP contribution < -0.4 is 0 Å². The van der Waals surface area contributed by atoms with Gasteiger partial charge in [-0.25, -0.2) is 4.79 Å². The monoisotopic (exact) mass is 290 g/mol. The van der Waals surface area contributed by atoms with Crippen molar-refractivity contribution in [2.24, 2.45) is 5.92 Å². The van der Waals surface area contributed by atoms with Crippen LogP contribution in [0.5, 0.6) is 0 Å². The fraction of sp³-hybridized carbons (Fsp3) is 0.632. The summed E-state index contributed by atoms with van der Waals surface area (Å²) < 4.78 is 5.63. The van der Waals surface area contributed by atoms with E-state index in [0.29, 0.717) is 11.5 Å². The highest BCUT2D eigenvalue weighted by Gasteiger charge is 2.17. The van der Waals surface area contributed by atoms with Gasteiger partial charge in [-0.1, -0.05) is 57.2 Å². The van der Waals surface area contributed by atoms with Gasteiger partial charge in [-0.2, -0.15) is 0 Å². The van der Waals surface area contributed by atoms with Crippen molar-refractivity contribution in [2.45, 2.75) is 72.8 Å². The molecule has 0 heterocycles. The van der Waals surface area contributed by atoms with Gasteiger partial charge in [0, 0.05) is 0 Å². The first-order chi connectivity index (χ1) is 9.97. The largest absolute Gasteiger partial charge is 0.459 e. The number of carbonyl (C=O) groups is 1. The SMILES string of the molecule is CCCCC(CC)CC(C)OC(=O)c1ccc(C)cc1C. The Balaban J connectivity index is 2.56. The summed E-state index contributed by atoms with van der Waals surface area (Å²) in [6, 6.07) is 5.86. The third-order valence-corrected chi connectivity index (χ3v) is 4.12. The molecule has 0 radical (unpaired) electrons. The van der Waals surface area contributed by atoms with Gasteiger partial charge in [-0.3, -0.25) is 0 Å². The van der Waals surface area contributed by atoms with E-state index in [0.717, 1.165) is 18.4 Å². The van der Waals surface area contributed by atoms with E-state index in [1.807, 2.05) is 39.0 Å². The molecule has 118 valence electrons. The first-order valence-electron chi connectivity index (χ1n) is 8.26. The van der Waals surface area contributed by atoms with Crippen molar-refractivity contribution < 1.29 is 9.53 Å². The number of aryl methyl sites for hydroxylation is 2. The Morgan fingerprint density at radius 3 is 2.52 bits per heavy atom. The highest BCUT2D eigenvalue weighted by atomic mass is 16.5. The van der Waals surface area contributed by atoms with Gasteiger partial charge in [-0.15, -0.1) is 0 Å². The average molecular weight is 290 g/mol. The summed E-state index contributed by atoms with van der Waals surface area (Å²) >= 11 is 0. The molecule has 2 unspecified atom stereocenters. The van der Waals surface area contributed by atoms with Gasteiger partial charge in [0.1, 0.15) is 0 Å². The van der Waals surface area contributed by atoms with Crippen LogP contribution in [0.2, 0.25) is 0 Å². The van der Waals surface area contributed by atoms with E-state index >= 15 is 0 Å². The summed E-state index contributed by atoms with van der Waals surface area (Å²) in [6.45, 7) is 10.4. The van der Waals surface area contributed by atoms with E-state index in [1.165, 1.54) is 24.8 Å². The van der Waals surface area contributed by atoms with E-state index in [1.54, 1.807) is 0 Å². The molecule has 2 heteroatoms. The van der Waals surface area contributed by atoms with E-state index in [4.69, 9.17) is 4.74 Å². The normalized spacial score (nSPS) is 13.8. The number of hydrogen-bond acceptors (Lipinski definition) is 2. The maximum absolute atomic E-state index is 12.2. The van der Waals surface area contributed by atoms with Crippen molar-refractivity contribution in [2.75, 3.05) is 0 Å². The van der Waals surface area contributed by atoms with Crippen molar-refractivity contribution in [1.82, 2.24) is 0 Å². The lowest BCUT2D eigenvalue weighted by atomic mass is 9.93.